The van der Waals surface area contributed by atoms with Gasteiger partial charge in [-0.1, -0.05) is 30.4 Å². The molecule has 210 valence electrons. The zero-order valence-electron chi connectivity index (χ0n) is 21.2. The third-order valence-corrected chi connectivity index (χ3v) is 9.15. The SMILES string of the molecule is C[C@H]([C@](O)(Cn1cncn1)c1ccc(F)cc1F)S(=O)(=O)C1COC(/C=C/C=C/c2ccc(C#N)cc2F)OC1. The molecule has 1 aliphatic rings. The van der Waals surface area contributed by atoms with Crippen LogP contribution in [0.3, 0.4) is 0 Å². The summed E-state index contributed by atoms with van der Waals surface area (Å²) in [5.74, 6) is -2.55. The highest BCUT2D eigenvalue weighted by molar-refractivity contribution is 7.92. The van der Waals surface area contributed by atoms with Gasteiger partial charge < -0.3 is 14.6 Å². The number of sulfone groups is 1. The van der Waals surface area contributed by atoms with Gasteiger partial charge in [0, 0.05) is 17.2 Å². The molecule has 2 aromatic carbocycles. The van der Waals surface area contributed by atoms with Gasteiger partial charge in [-0.05, 0) is 31.2 Å². The zero-order valence-corrected chi connectivity index (χ0v) is 22.0. The zero-order chi connectivity index (χ0) is 28.9. The largest absolute Gasteiger partial charge is 0.382 e. The second kappa shape index (κ2) is 12.1. The number of ether oxygens (including phenoxy) is 2. The second-order valence-corrected chi connectivity index (χ2v) is 11.7. The molecule has 13 heteroatoms. The number of halogens is 3. The van der Waals surface area contributed by atoms with E-state index in [4.69, 9.17) is 14.7 Å². The van der Waals surface area contributed by atoms with Crippen molar-refractivity contribution in [2.75, 3.05) is 13.2 Å². The first-order valence-corrected chi connectivity index (χ1v) is 13.7. The summed E-state index contributed by atoms with van der Waals surface area (Å²) in [7, 11) is -4.22. The van der Waals surface area contributed by atoms with Crippen LogP contribution in [0, 0.1) is 28.8 Å². The van der Waals surface area contributed by atoms with Gasteiger partial charge in [-0.2, -0.15) is 10.4 Å². The predicted molar refractivity (Wildman–Crippen MR) is 137 cm³/mol. The van der Waals surface area contributed by atoms with Crippen molar-refractivity contribution in [3.8, 4) is 6.07 Å². The number of nitriles is 1. The highest BCUT2D eigenvalue weighted by Gasteiger charge is 2.49. The number of aliphatic hydroxyl groups is 1. The van der Waals surface area contributed by atoms with Crippen LogP contribution in [0.1, 0.15) is 23.6 Å². The lowest BCUT2D eigenvalue weighted by Gasteiger charge is -2.37. The molecule has 0 radical (unpaired) electrons. The minimum atomic E-state index is -4.22. The molecule has 0 aliphatic carbocycles. The summed E-state index contributed by atoms with van der Waals surface area (Å²) in [6, 6.07) is 8.41. The summed E-state index contributed by atoms with van der Waals surface area (Å²) in [5.41, 5.74) is -2.28. The van der Waals surface area contributed by atoms with E-state index in [9.17, 15) is 26.7 Å². The molecule has 1 saturated heterocycles. The number of hydrogen-bond donors (Lipinski definition) is 1. The van der Waals surface area contributed by atoms with Crippen molar-refractivity contribution in [1.29, 1.82) is 5.26 Å². The molecule has 1 aromatic heterocycles. The standard InChI is InChI=1S/C27H25F3N4O5S/c1-18(27(35,15-34-17-32-16-33-34)23-9-8-21(28)11-25(23)30)40(36,37)22-13-38-26(39-14-22)5-3-2-4-20-7-6-19(12-31)10-24(20)29/h2-11,16-18,22,26,35H,13-15H2,1H3/b4-2+,5-3+/t18-,22?,26?,27-/m1/s1. The van der Waals surface area contributed by atoms with Gasteiger partial charge in [-0.25, -0.2) is 31.3 Å². The molecule has 0 amide bonds. The monoisotopic (exact) mass is 574 g/mol. The first kappa shape index (κ1) is 29.2. The second-order valence-electron chi connectivity index (χ2n) is 9.12. The van der Waals surface area contributed by atoms with Crippen molar-refractivity contribution >= 4 is 15.9 Å². The van der Waals surface area contributed by atoms with Crippen LogP contribution in [-0.2, 0) is 31.5 Å². The first-order valence-electron chi connectivity index (χ1n) is 12.1. The molecule has 1 aliphatic heterocycles. The number of aromatic nitrogens is 3. The van der Waals surface area contributed by atoms with Gasteiger partial charge in [0.05, 0.1) is 36.6 Å². The van der Waals surface area contributed by atoms with E-state index >= 15 is 0 Å². The number of hydrogen-bond acceptors (Lipinski definition) is 8. The molecule has 40 heavy (non-hydrogen) atoms. The smallest absolute Gasteiger partial charge is 0.177 e. The maximum atomic E-state index is 14.8. The highest BCUT2D eigenvalue weighted by atomic mass is 32.2. The van der Waals surface area contributed by atoms with Gasteiger partial charge in [-0.3, -0.25) is 0 Å². The van der Waals surface area contributed by atoms with E-state index in [0.717, 1.165) is 22.9 Å². The average Bonchev–Trinajstić information content (AvgIpc) is 3.44. The molecule has 1 fully saturated rings. The fourth-order valence-electron chi connectivity index (χ4n) is 4.24. The number of allylic oxidation sites excluding steroid dienone is 2. The third-order valence-electron chi connectivity index (χ3n) is 6.57. The van der Waals surface area contributed by atoms with Crippen LogP contribution in [0.2, 0.25) is 0 Å². The van der Waals surface area contributed by atoms with Gasteiger partial charge in [0.2, 0.25) is 0 Å². The van der Waals surface area contributed by atoms with Gasteiger partial charge in [0.25, 0.3) is 0 Å². The predicted octanol–water partition coefficient (Wildman–Crippen LogP) is 3.27. The Morgan fingerprint density at radius 1 is 1.18 bits per heavy atom. The molecule has 3 aromatic rings. The van der Waals surface area contributed by atoms with Crippen molar-refractivity contribution in [3.05, 3.63) is 101 Å². The highest BCUT2D eigenvalue weighted by Crippen LogP contribution is 2.35. The van der Waals surface area contributed by atoms with Crippen molar-refractivity contribution in [2.24, 2.45) is 0 Å². The average molecular weight is 575 g/mol. The normalized spacial score (nSPS) is 20.4. The molecule has 2 atom stereocenters. The van der Waals surface area contributed by atoms with E-state index in [0.29, 0.717) is 6.07 Å². The Kier molecular flexibility index (Phi) is 8.85. The lowest BCUT2D eigenvalue weighted by Crippen LogP contribution is -2.52. The molecule has 0 bridgehead atoms. The molecule has 4 rings (SSSR count). The summed E-state index contributed by atoms with van der Waals surface area (Å²) in [6.07, 6.45) is 7.57. The van der Waals surface area contributed by atoms with Crippen molar-refractivity contribution in [1.82, 2.24) is 14.8 Å². The Morgan fingerprint density at radius 2 is 1.93 bits per heavy atom. The fraction of sp³-hybridized carbons (Fsp3) is 0.296. The van der Waals surface area contributed by atoms with Crippen molar-refractivity contribution in [3.63, 3.8) is 0 Å². The number of nitrogens with zero attached hydrogens (tertiary/aromatic N) is 4. The quantitative estimate of drug-likeness (QED) is 0.386. The third kappa shape index (κ3) is 6.31. The summed E-state index contributed by atoms with van der Waals surface area (Å²) in [4.78, 5) is 3.77. The molecule has 1 N–H and O–H groups in total. The molecule has 0 unspecified atom stereocenters. The Hall–Kier alpha value is -3.83. The lowest BCUT2D eigenvalue weighted by molar-refractivity contribution is -0.147. The maximum absolute atomic E-state index is 14.8. The van der Waals surface area contributed by atoms with Crippen LogP contribution >= 0.6 is 0 Å². The van der Waals surface area contributed by atoms with Crippen LogP contribution in [0.15, 0.2) is 67.3 Å². The minimum absolute atomic E-state index is 0.202. The van der Waals surface area contributed by atoms with Crippen LogP contribution < -0.4 is 0 Å². The summed E-state index contributed by atoms with van der Waals surface area (Å²) in [6.45, 7) is 0.206. The van der Waals surface area contributed by atoms with E-state index < -0.39 is 61.8 Å². The molecular formula is C27H25F3N4O5S. The van der Waals surface area contributed by atoms with E-state index in [1.54, 1.807) is 0 Å². The van der Waals surface area contributed by atoms with Gasteiger partial charge >= 0.3 is 0 Å². The van der Waals surface area contributed by atoms with Crippen molar-refractivity contribution in [2.45, 2.75) is 35.9 Å². The maximum Gasteiger partial charge on any atom is 0.177 e. The lowest BCUT2D eigenvalue weighted by atomic mass is 9.90. The Morgan fingerprint density at radius 3 is 2.55 bits per heavy atom. The Bertz CT molecular complexity index is 1550. The molecular weight excluding hydrogens is 549 g/mol. The summed E-state index contributed by atoms with van der Waals surface area (Å²) >= 11 is 0. The first-order chi connectivity index (χ1) is 19.0. The van der Waals surface area contributed by atoms with Crippen LogP contribution in [0.25, 0.3) is 6.08 Å². The van der Waals surface area contributed by atoms with Crippen LogP contribution in [0.4, 0.5) is 13.2 Å². The molecule has 0 saturated carbocycles. The van der Waals surface area contributed by atoms with Crippen molar-refractivity contribution < 1.29 is 36.2 Å². The van der Waals surface area contributed by atoms with E-state index in [1.165, 1.54) is 56.0 Å². The van der Waals surface area contributed by atoms with Crippen LogP contribution in [0.5, 0.6) is 0 Å². The number of benzene rings is 2. The molecule has 9 nitrogen and oxygen atoms in total. The molecule has 2 heterocycles. The van der Waals surface area contributed by atoms with Crippen LogP contribution in [-0.4, -0.2) is 58.3 Å². The van der Waals surface area contributed by atoms with E-state index in [-0.39, 0.29) is 24.3 Å². The van der Waals surface area contributed by atoms with E-state index in [2.05, 4.69) is 10.1 Å². The topological polar surface area (TPSA) is 127 Å². The van der Waals surface area contributed by atoms with Gasteiger partial charge in [-0.15, -0.1) is 0 Å². The summed E-state index contributed by atoms with van der Waals surface area (Å²) in [5, 5.41) is 21.6. The Balaban J connectivity index is 1.45. The summed E-state index contributed by atoms with van der Waals surface area (Å²) < 4.78 is 81.7. The Labute approximate surface area is 228 Å². The fourth-order valence-corrected chi connectivity index (χ4v) is 6.10. The molecule has 0 spiro atoms. The number of rotatable bonds is 9. The van der Waals surface area contributed by atoms with Gasteiger partial charge in [0.15, 0.2) is 16.1 Å². The minimum Gasteiger partial charge on any atom is -0.382 e. The van der Waals surface area contributed by atoms with Gasteiger partial charge in [0.1, 0.15) is 41.0 Å². The van der Waals surface area contributed by atoms with E-state index in [1.807, 2.05) is 6.07 Å².